The Bertz CT molecular complexity index is 1370. The Morgan fingerprint density at radius 1 is 1.03 bits per heavy atom. The second kappa shape index (κ2) is 8.43. The quantitative estimate of drug-likeness (QED) is 0.279. The van der Waals surface area contributed by atoms with Crippen LogP contribution in [-0.2, 0) is 6.54 Å². The van der Waals surface area contributed by atoms with E-state index in [-0.39, 0.29) is 5.76 Å². The number of carbonyl (C=O) groups excluding carboxylic acids is 1. The van der Waals surface area contributed by atoms with Gasteiger partial charge in [0.15, 0.2) is 0 Å². The molecule has 32 heavy (non-hydrogen) atoms. The molecule has 0 atom stereocenters. The highest BCUT2D eigenvalue weighted by molar-refractivity contribution is 5.90. The van der Waals surface area contributed by atoms with E-state index in [1.807, 2.05) is 66.1 Å². The fraction of sp³-hybridized carbons (Fsp3) is 0.0769. The van der Waals surface area contributed by atoms with Gasteiger partial charge in [-0.15, -0.1) is 0 Å². The van der Waals surface area contributed by atoms with Crippen LogP contribution in [0.25, 0.3) is 16.9 Å². The number of hydrogen-bond donors (Lipinski definition) is 1. The minimum atomic E-state index is -0.555. The van der Waals surface area contributed by atoms with E-state index in [0.29, 0.717) is 23.6 Å². The van der Waals surface area contributed by atoms with Crippen LogP contribution in [0.4, 0.5) is 5.82 Å². The Kier molecular flexibility index (Phi) is 5.17. The molecule has 0 amide bonds. The maximum absolute atomic E-state index is 12.5. The lowest BCUT2D eigenvalue weighted by Gasteiger charge is -2.12. The highest BCUT2D eigenvalue weighted by Crippen LogP contribution is 2.36. The Balaban J connectivity index is 1.57. The first-order valence-electron chi connectivity index (χ1n) is 10.3. The molecule has 2 aromatic carbocycles. The van der Waals surface area contributed by atoms with Crippen molar-refractivity contribution in [3.63, 3.8) is 0 Å². The summed E-state index contributed by atoms with van der Waals surface area (Å²) in [5.41, 5.74) is 4.49. The molecule has 6 nitrogen and oxygen atoms in total. The standard InChI is InChI=1S/C26H21N3O3/c1-18-13-14-29-23(16-18)28-24(25(29)27-17-19-8-3-2-4-9-19)20-10-5-6-11-21(20)32-26(30)22-12-7-15-31-22/h2-16,27H,17H2,1H3. The van der Waals surface area contributed by atoms with Gasteiger partial charge in [-0.2, -0.15) is 0 Å². The van der Waals surface area contributed by atoms with E-state index in [1.165, 1.54) is 6.26 Å². The molecule has 0 aliphatic carbocycles. The zero-order chi connectivity index (χ0) is 21.9. The number of carbonyl (C=O) groups is 1. The van der Waals surface area contributed by atoms with Crippen molar-refractivity contribution in [2.24, 2.45) is 0 Å². The molecule has 0 aliphatic heterocycles. The molecule has 0 radical (unpaired) electrons. The van der Waals surface area contributed by atoms with E-state index in [0.717, 1.165) is 22.6 Å². The van der Waals surface area contributed by atoms with E-state index in [1.54, 1.807) is 18.2 Å². The Hall–Kier alpha value is -4.32. The number of anilines is 1. The van der Waals surface area contributed by atoms with Gasteiger partial charge in [0.2, 0.25) is 5.76 Å². The number of nitrogens with one attached hydrogen (secondary N) is 1. The summed E-state index contributed by atoms with van der Waals surface area (Å²) < 4.78 is 12.9. The molecule has 158 valence electrons. The third kappa shape index (κ3) is 3.86. The van der Waals surface area contributed by atoms with Crippen molar-refractivity contribution in [1.29, 1.82) is 0 Å². The predicted molar refractivity (Wildman–Crippen MR) is 123 cm³/mol. The first kappa shape index (κ1) is 19.6. The van der Waals surface area contributed by atoms with Crippen molar-refractivity contribution in [2.75, 3.05) is 5.32 Å². The fourth-order valence-corrected chi connectivity index (χ4v) is 3.58. The third-order valence-corrected chi connectivity index (χ3v) is 5.15. The van der Waals surface area contributed by atoms with Crippen LogP contribution in [0.1, 0.15) is 21.7 Å². The number of aryl methyl sites for hydroxylation is 1. The molecule has 0 aliphatic rings. The molecule has 5 aromatic rings. The molecule has 0 spiro atoms. The van der Waals surface area contributed by atoms with Gasteiger partial charge in [0.1, 0.15) is 22.9 Å². The number of aromatic nitrogens is 2. The molecule has 3 heterocycles. The second-order valence-electron chi connectivity index (χ2n) is 7.44. The third-order valence-electron chi connectivity index (χ3n) is 5.15. The van der Waals surface area contributed by atoms with Crippen molar-refractivity contribution in [3.8, 4) is 17.0 Å². The van der Waals surface area contributed by atoms with Crippen LogP contribution in [0.15, 0.2) is 95.7 Å². The van der Waals surface area contributed by atoms with Gasteiger partial charge in [-0.1, -0.05) is 42.5 Å². The lowest BCUT2D eigenvalue weighted by atomic mass is 10.1. The summed E-state index contributed by atoms with van der Waals surface area (Å²) in [6.45, 7) is 2.66. The molecule has 0 saturated carbocycles. The van der Waals surface area contributed by atoms with Gasteiger partial charge in [-0.25, -0.2) is 9.78 Å². The van der Waals surface area contributed by atoms with Crippen molar-refractivity contribution >= 4 is 17.4 Å². The van der Waals surface area contributed by atoms with E-state index >= 15 is 0 Å². The summed E-state index contributed by atoms with van der Waals surface area (Å²) in [6, 6.07) is 24.8. The Morgan fingerprint density at radius 3 is 2.66 bits per heavy atom. The Morgan fingerprint density at radius 2 is 1.84 bits per heavy atom. The molecule has 1 N–H and O–H groups in total. The van der Waals surface area contributed by atoms with Gasteiger partial charge in [0, 0.05) is 18.3 Å². The first-order valence-corrected chi connectivity index (χ1v) is 10.3. The molecule has 0 unspecified atom stereocenters. The maximum atomic E-state index is 12.5. The summed E-state index contributed by atoms with van der Waals surface area (Å²) in [6.07, 6.45) is 3.44. The SMILES string of the molecule is Cc1ccn2c(NCc3ccccc3)c(-c3ccccc3OC(=O)c3ccco3)nc2c1. The number of hydrogen-bond acceptors (Lipinski definition) is 5. The number of nitrogens with zero attached hydrogens (tertiary/aromatic N) is 2. The van der Waals surface area contributed by atoms with Crippen molar-refractivity contribution in [1.82, 2.24) is 9.38 Å². The molecule has 5 rings (SSSR count). The van der Waals surface area contributed by atoms with E-state index < -0.39 is 5.97 Å². The van der Waals surface area contributed by atoms with Crippen molar-refractivity contribution in [2.45, 2.75) is 13.5 Å². The van der Waals surface area contributed by atoms with Crippen molar-refractivity contribution < 1.29 is 13.9 Å². The highest BCUT2D eigenvalue weighted by Gasteiger charge is 2.20. The molecule has 3 aromatic heterocycles. The van der Waals surface area contributed by atoms with Gasteiger partial charge in [-0.3, -0.25) is 4.40 Å². The predicted octanol–water partition coefficient (Wildman–Crippen LogP) is 5.73. The first-order chi connectivity index (χ1) is 15.7. The van der Waals surface area contributed by atoms with Crippen LogP contribution in [0.3, 0.4) is 0 Å². The number of fused-ring (bicyclic) bond motifs is 1. The second-order valence-corrected chi connectivity index (χ2v) is 7.44. The summed E-state index contributed by atoms with van der Waals surface area (Å²) in [5.74, 6) is 0.829. The molecular weight excluding hydrogens is 402 g/mol. The monoisotopic (exact) mass is 423 g/mol. The van der Waals surface area contributed by atoms with E-state index in [9.17, 15) is 4.79 Å². The minimum Gasteiger partial charge on any atom is -0.457 e. The number of benzene rings is 2. The van der Waals surface area contributed by atoms with E-state index in [4.69, 9.17) is 14.1 Å². The maximum Gasteiger partial charge on any atom is 0.379 e. The lowest BCUT2D eigenvalue weighted by Crippen LogP contribution is -2.08. The van der Waals surface area contributed by atoms with Crippen molar-refractivity contribution in [3.05, 3.63) is 108 Å². The van der Waals surface area contributed by atoms with Gasteiger partial charge >= 0.3 is 5.97 Å². The number of ether oxygens (including phenoxy) is 1. The zero-order valence-corrected chi connectivity index (χ0v) is 17.5. The summed E-state index contributed by atoms with van der Waals surface area (Å²) in [5, 5.41) is 3.52. The van der Waals surface area contributed by atoms with Crippen LogP contribution in [0, 0.1) is 6.92 Å². The largest absolute Gasteiger partial charge is 0.457 e. The van der Waals surface area contributed by atoms with Crippen LogP contribution >= 0.6 is 0 Å². The Labute approximate surface area is 185 Å². The molecule has 0 bridgehead atoms. The highest BCUT2D eigenvalue weighted by atomic mass is 16.5. The van der Waals surface area contributed by atoms with Crippen LogP contribution in [0.5, 0.6) is 5.75 Å². The zero-order valence-electron chi connectivity index (χ0n) is 17.5. The number of pyridine rings is 1. The summed E-state index contributed by atoms with van der Waals surface area (Å²) in [7, 11) is 0. The molecule has 0 saturated heterocycles. The summed E-state index contributed by atoms with van der Waals surface area (Å²) >= 11 is 0. The average Bonchev–Trinajstić information content (AvgIpc) is 3.47. The van der Waals surface area contributed by atoms with Crippen LogP contribution < -0.4 is 10.1 Å². The minimum absolute atomic E-state index is 0.146. The van der Waals surface area contributed by atoms with Gasteiger partial charge in [0.05, 0.1) is 6.26 Å². The average molecular weight is 423 g/mol. The summed E-state index contributed by atoms with van der Waals surface area (Å²) in [4.78, 5) is 17.4. The van der Waals surface area contributed by atoms with E-state index in [2.05, 4.69) is 17.4 Å². The molecule has 0 fully saturated rings. The fourth-order valence-electron chi connectivity index (χ4n) is 3.58. The van der Waals surface area contributed by atoms with Crippen LogP contribution in [-0.4, -0.2) is 15.4 Å². The number of furan rings is 1. The molecular formula is C26H21N3O3. The molecule has 6 heteroatoms. The smallest absolute Gasteiger partial charge is 0.379 e. The number of para-hydroxylation sites is 1. The van der Waals surface area contributed by atoms with Gasteiger partial charge in [-0.05, 0) is 54.4 Å². The van der Waals surface area contributed by atoms with Crippen LogP contribution in [0.2, 0.25) is 0 Å². The normalized spacial score (nSPS) is 10.9. The number of imidazole rings is 1. The van der Waals surface area contributed by atoms with Gasteiger partial charge < -0.3 is 14.5 Å². The van der Waals surface area contributed by atoms with Gasteiger partial charge in [0.25, 0.3) is 0 Å². The topological polar surface area (TPSA) is 68.8 Å². The lowest BCUT2D eigenvalue weighted by molar-refractivity contribution is 0.0702. The number of esters is 1. The number of rotatable bonds is 6.